The zero-order valence-corrected chi connectivity index (χ0v) is 15.5. The summed E-state index contributed by atoms with van der Waals surface area (Å²) in [5.74, 6) is 1.23. The molecule has 27 heavy (non-hydrogen) atoms. The molecule has 0 unspecified atom stereocenters. The Morgan fingerprint density at radius 2 is 2.04 bits per heavy atom. The van der Waals surface area contributed by atoms with Gasteiger partial charge >= 0.3 is 0 Å². The van der Waals surface area contributed by atoms with Crippen molar-refractivity contribution in [1.82, 2.24) is 29.6 Å². The number of likely N-dealkylation sites (tertiary alicyclic amines) is 1. The molecule has 1 saturated heterocycles. The first-order valence-electron chi connectivity index (χ1n) is 9.82. The fourth-order valence-electron chi connectivity index (χ4n) is 4.40. The summed E-state index contributed by atoms with van der Waals surface area (Å²) in [6, 6.07) is 4.56. The number of hydrogen-bond donors (Lipinski definition) is 1. The second-order valence-corrected chi connectivity index (χ2v) is 7.83. The number of rotatable bonds is 4. The first-order chi connectivity index (χ1) is 13.2. The van der Waals surface area contributed by atoms with E-state index in [1.807, 2.05) is 16.9 Å². The number of aromatic nitrogens is 5. The van der Waals surface area contributed by atoms with E-state index in [2.05, 4.69) is 33.0 Å². The van der Waals surface area contributed by atoms with Gasteiger partial charge in [0.1, 0.15) is 11.2 Å². The Kier molecular flexibility index (Phi) is 4.04. The minimum atomic E-state index is -0.0876. The smallest absolute Gasteiger partial charge is 0.262 e. The molecule has 7 nitrogen and oxygen atoms in total. The highest BCUT2D eigenvalue weighted by atomic mass is 16.1. The molecule has 5 rings (SSSR count). The summed E-state index contributed by atoms with van der Waals surface area (Å²) < 4.78 is 1.97. The molecule has 1 aliphatic heterocycles. The molecular weight excluding hydrogens is 340 g/mol. The molecule has 0 bridgehead atoms. The fourth-order valence-corrected chi connectivity index (χ4v) is 4.40. The highest BCUT2D eigenvalue weighted by Gasteiger charge is 2.33. The van der Waals surface area contributed by atoms with Gasteiger partial charge in [-0.1, -0.05) is 18.9 Å². The van der Waals surface area contributed by atoms with Crippen molar-refractivity contribution in [2.24, 2.45) is 0 Å². The lowest BCUT2D eigenvalue weighted by atomic mass is 9.91. The summed E-state index contributed by atoms with van der Waals surface area (Å²) in [6.45, 7) is 4.02. The molecule has 1 saturated carbocycles. The zero-order valence-electron chi connectivity index (χ0n) is 15.5. The lowest BCUT2D eigenvalue weighted by Gasteiger charge is -2.42. The van der Waals surface area contributed by atoms with Gasteiger partial charge in [-0.05, 0) is 31.4 Å². The van der Waals surface area contributed by atoms with Crippen LogP contribution in [-0.2, 0) is 0 Å². The van der Waals surface area contributed by atoms with Crippen molar-refractivity contribution in [2.45, 2.75) is 50.6 Å². The molecule has 0 amide bonds. The van der Waals surface area contributed by atoms with Gasteiger partial charge in [-0.15, -0.1) is 0 Å². The number of nitrogens with zero attached hydrogens (tertiary/aromatic N) is 5. The van der Waals surface area contributed by atoms with E-state index >= 15 is 0 Å². The molecule has 2 fully saturated rings. The Morgan fingerprint density at radius 1 is 1.22 bits per heavy atom. The van der Waals surface area contributed by atoms with Crippen LogP contribution in [0.5, 0.6) is 0 Å². The van der Waals surface area contributed by atoms with Crippen molar-refractivity contribution in [2.75, 3.05) is 13.1 Å². The van der Waals surface area contributed by atoms with Gasteiger partial charge in [-0.25, -0.2) is 9.67 Å². The number of pyridine rings is 1. The molecule has 2 aliphatic rings. The maximum absolute atomic E-state index is 12.6. The second-order valence-electron chi connectivity index (χ2n) is 7.83. The largest absolute Gasteiger partial charge is 0.309 e. The monoisotopic (exact) mass is 364 g/mol. The van der Waals surface area contributed by atoms with Crippen molar-refractivity contribution in [3.05, 3.63) is 52.5 Å². The quantitative estimate of drug-likeness (QED) is 0.770. The molecular formula is C20H24N6O. The highest BCUT2D eigenvalue weighted by molar-refractivity contribution is 5.73. The average molecular weight is 364 g/mol. The van der Waals surface area contributed by atoms with Gasteiger partial charge in [-0.3, -0.25) is 14.7 Å². The van der Waals surface area contributed by atoms with Crippen molar-refractivity contribution < 1.29 is 0 Å². The summed E-state index contributed by atoms with van der Waals surface area (Å²) >= 11 is 0. The third-order valence-electron chi connectivity index (χ3n) is 6.16. The van der Waals surface area contributed by atoms with Gasteiger partial charge in [0.2, 0.25) is 0 Å². The van der Waals surface area contributed by atoms with Gasteiger partial charge in [0, 0.05) is 31.4 Å². The summed E-state index contributed by atoms with van der Waals surface area (Å²) in [4.78, 5) is 26.9. The van der Waals surface area contributed by atoms with Crippen molar-refractivity contribution in [3.8, 4) is 0 Å². The third-order valence-corrected chi connectivity index (χ3v) is 6.16. The van der Waals surface area contributed by atoms with E-state index in [0.29, 0.717) is 17.3 Å². The number of fused-ring (bicyclic) bond motifs is 1. The van der Waals surface area contributed by atoms with E-state index in [-0.39, 0.29) is 11.6 Å². The molecule has 0 aromatic carbocycles. The Bertz CT molecular complexity index is 998. The molecule has 1 aliphatic carbocycles. The van der Waals surface area contributed by atoms with Crippen LogP contribution in [0.25, 0.3) is 11.0 Å². The van der Waals surface area contributed by atoms with Crippen molar-refractivity contribution in [1.29, 1.82) is 0 Å². The Hall–Kier alpha value is -2.54. The minimum Gasteiger partial charge on any atom is -0.309 e. The van der Waals surface area contributed by atoms with Crippen LogP contribution in [0.3, 0.4) is 0 Å². The molecule has 1 atom stereocenters. The maximum Gasteiger partial charge on any atom is 0.262 e. The average Bonchev–Trinajstić information content (AvgIpc) is 3.30. The standard InChI is InChI=1S/C20H24N6O/c1-13(25-11-15(12-25)14-5-4-8-21-9-14)18-23-19-17(20(27)24-18)10-22-26(19)16-6-2-3-7-16/h4-5,8-10,13,15-16H,2-3,6-7,11-12H2,1H3,(H,23,24,27)/t13-/m1/s1. The van der Waals surface area contributed by atoms with E-state index in [0.717, 1.165) is 37.4 Å². The van der Waals surface area contributed by atoms with Crippen LogP contribution >= 0.6 is 0 Å². The molecule has 0 spiro atoms. The summed E-state index contributed by atoms with van der Waals surface area (Å²) in [7, 11) is 0. The maximum atomic E-state index is 12.6. The molecule has 0 radical (unpaired) electrons. The van der Waals surface area contributed by atoms with E-state index in [1.165, 1.54) is 18.4 Å². The lowest BCUT2D eigenvalue weighted by molar-refractivity contribution is 0.0957. The highest BCUT2D eigenvalue weighted by Crippen LogP contribution is 2.34. The Labute approximate surface area is 157 Å². The van der Waals surface area contributed by atoms with Gasteiger partial charge in [0.25, 0.3) is 5.56 Å². The van der Waals surface area contributed by atoms with Gasteiger partial charge in [0.15, 0.2) is 5.65 Å². The number of nitrogens with one attached hydrogen (secondary N) is 1. The van der Waals surface area contributed by atoms with Crippen LogP contribution in [-0.4, -0.2) is 42.7 Å². The zero-order chi connectivity index (χ0) is 18.4. The summed E-state index contributed by atoms with van der Waals surface area (Å²) in [5, 5.41) is 5.08. The number of aromatic amines is 1. The normalized spacial score (nSPS) is 20.2. The van der Waals surface area contributed by atoms with Crippen LogP contribution in [0.1, 0.15) is 62.0 Å². The molecule has 140 valence electrons. The lowest BCUT2D eigenvalue weighted by Crippen LogP contribution is -2.46. The topological polar surface area (TPSA) is 79.7 Å². The first kappa shape index (κ1) is 16.6. The van der Waals surface area contributed by atoms with Crippen molar-refractivity contribution in [3.63, 3.8) is 0 Å². The van der Waals surface area contributed by atoms with E-state index in [9.17, 15) is 4.79 Å². The van der Waals surface area contributed by atoms with Crippen molar-refractivity contribution >= 4 is 11.0 Å². The van der Waals surface area contributed by atoms with Crippen LogP contribution in [0.4, 0.5) is 0 Å². The number of H-pyrrole nitrogens is 1. The van der Waals surface area contributed by atoms with Gasteiger partial charge in [-0.2, -0.15) is 5.10 Å². The van der Waals surface area contributed by atoms with Crippen LogP contribution in [0, 0.1) is 0 Å². The fraction of sp³-hybridized carbons (Fsp3) is 0.500. The van der Waals surface area contributed by atoms with Gasteiger partial charge in [0.05, 0.1) is 18.3 Å². The number of hydrogen-bond acceptors (Lipinski definition) is 5. The van der Waals surface area contributed by atoms with Gasteiger partial charge < -0.3 is 4.98 Å². The van der Waals surface area contributed by atoms with E-state index in [1.54, 1.807) is 12.4 Å². The molecule has 3 aromatic rings. The van der Waals surface area contributed by atoms with Crippen LogP contribution in [0.2, 0.25) is 0 Å². The third kappa shape index (κ3) is 2.86. The van der Waals surface area contributed by atoms with E-state index < -0.39 is 0 Å². The molecule has 7 heteroatoms. The predicted octanol–water partition coefficient (Wildman–Crippen LogP) is 2.79. The Morgan fingerprint density at radius 3 is 2.78 bits per heavy atom. The minimum absolute atomic E-state index is 0.0712. The summed E-state index contributed by atoms with van der Waals surface area (Å²) in [6.07, 6.45) is 10.1. The molecule has 1 N–H and O–H groups in total. The Balaban J connectivity index is 1.40. The SMILES string of the molecule is C[C@H](c1nc2c(cnn2C2CCCC2)c(=O)[nH]1)N1CC(c2cccnc2)C1. The summed E-state index contributed by atoms with van der Waals surface area (Å²) in [5.41, 5.74) is 1.92. The molecule has 3 aromatic heterocycles. The molecule has 4 heterocycles. The predicted molar refractivity (Wildman–Crippen MR) is 103 cm³/mol. The first-order valence-corrected chi connectivity index (χ1v) is 9.82. The van der Waals surface area contributed by atoms with Crippen LogP contribution < -0.4 is 5.56 Å². The van der Waals surface area contributed by atoms with Crippen LogP contribution in [0.15, 0.2) is 35.5 Å². The van der Waals surface area contributed by atoms with E-state index in [4.69, 9.17) is 4.98 Å². The second kappa shape index (κ2) is 6.56.